The lowest BCUT2D eigenvalue weighted by Crippen LogP contribution is -2.67. The summed E-state index contributed by atoms with van der Waals surface area (Å²) in [6, 6.07) is 54.1. The molecule has 4 aliphatic rings. The van der Waals surface area contributed by atoms with Crippen LogP contribution in [0.4, 0.5) is 4.79 Å². The van der Waals surface area contributed by atoms with Crippen LogP contribution in [0, 0.1) is 12.3 Å². The zero-order chi connectivity index (χ0) is 50.5. The quantitative estimate of drug-likeness (QED) is 0.0601. The number of amides is 1. The third-order valence-corrected chi connectivity index (χ3v) is 22.4. The van der Waals surface area contributed by atoms with Crippen LogP contribution in [0.2, 0.25) is 5.04 Å². The highest BCUT2D eigenvalue weighted by Gasteiger charge is 2.65. The molecule has 7 aromatic rings. The molecule has 0 saturated carbocycles. The van der Waals surface area contributed by atoms with E-state index >= 15 is 4.79 Å². The molecule has 73 heavy (non-hydrogen) atoms. The summed E-state index contributed by atoms with van der Waals surface area (Å²) in [5.41, 5.74) is 6.80. The maximum absolute atomic E-state index is 15.7. The average Bonchev–Trinajstić information content (AvgIpc) is 4.12. The second-order valence-electron chi connectivity index (χ2n) is 20.9. The first-order valence-corrected chi connectivity index (χ1v) is 28.7. The van der Waals surface area contributed by atoms with Gasteiger partial charge in [0.25, 0.3) is 8.32 Å². The number of hydrogen-bond acceptors (Lipinski definition) is 8. The van der Waals surface area contributed by atoms with Crippen molar-refractivity contribution in [3.63, 3.8) is 0 Å². The Labute approximate surface area is 429 Å². The van der Waals surface area contributed by atoms with Crippen LogP contribution < -0.4 is 10.4 Å². The van der Waals surface area contributed by atoms with Crippen molar-refractivity contribution in [2.75, 3.05) is 32.9 Å². The molecular weight excluding hydrogens is 949 g/mol. The van der Waals surface area contributed by atoms with E-state index in [1.165, 1.54) is 0 Å². The topological polar surface area (TPSA) is 116 Å². The second kappa shape index (κ2) is 19.2. The van der Waals surface area contributed by atoms with Crippen LogP contribution in [-0.4, -0.2) is 77.0 Å². The number of esters is 1. The lowest BCUT2D eigenvalue weighted by Gasteiger charge is -2.44. The van der Waals surface area contributed by atoms with Crippen LogP contribution in [0.3, 0.4) is 0 Å². The molecule has 10 nitrogen and oxygen atoms in total. The van der Waals surface area contributed by atoms with Crippen molar-refractivity contribution in [2.24, 2.45) is 5.41 Å². The van der Waals surface area contributed by atoms with E-state index in [1.54, 1.807) is 40.7 Å². The van der Waals surface area contributed by atoms with E-state index in [0.717, 1.165) is 49.3 Å². The number of carbonyl (C=O) groups is 2. The largest absolute Gasteiger partial charge is 0.463 e. The zero-order valence-corrected chi connectivity index (χ0v) is 43.5. The fraction of sp³-hybridized carbons (Fsp3) is 0.279. The van der Waals surface area contributed by atoms with Gasteiger partial charge in [-0.1, -0.05) is 172 Å². The maximum Gasteiger partial charge on any atom is 0.410 e. The van der Waals surface area contributed by atoms with Crippen molar-refractivity contribution in [3.05, 3.63) is 215 Å². The van der Waals surface area contributed by atoms with Crippen LogP contribution in [0.1, 0.15) is 89.7 Å². The number of likely N-dealkylation sites (tertiary alicyclic amines) is 1. The smallest absolute Gasteiger partial charge is 0.410 e. The number of nitrogens with zero attached hydrogens (tertiary/aromatic N) is 2. The molecule has 1 spiro atoms. The van der Waals surface area contributed by atoms with Gasteiger partial charge in [-0.05, 0) is 93.3 Å². The molecule has 12 heteroatoms. The van der Waals surface area contributed by atoms with Gasteiger partial charge in [0.05, 0.1) is 29.7 Å². The van der Waals surface area contributed by atoms with Crippen molar-refractivity contribution in [1.29, 1.82) is 0 Å². The summed E-state index contributed by atoms with van der Waals surface area (Å²) in [6.07, 6.45) is 2.88. The lowest BCUT2D eigenvalue weighted by atomic mass is 9.74. The van der Waals surface area contributed by atoms with Crippen LogP contribution in [0.15, 0.2) is 185 Å². The van der Waals surface area contributed by atoms with Crippen molar-refractivity contribution in [2.45, 2.75) is 74.9 Å². The monoisotopic (exact) mass is 1010 g/mol. The zero-order valence-electron chi connectivity index (χ0n) is 41.7. The fourth-order valence-corrected chi connectivity index (χ4v) is 18.3. The van der Waals surface area contributed by atoms with E-state index in [4.69, 9.17) is 18.3 Å². The number of ether oxygens (including phenoxy) is 2. The number of furan rings is 1. The number of aryl methyl sites for hydroxylation is 2. The van der Waals surface area contributed by atoms with Gasteiger partial charge in [0.1, 0.15) is 24.2 Å². The first kappa shape index (κ1) is 48.4. The molecular formula is C61H60N2O8SSi. The predicted molar refractivity (Wildman–Crippen MR) is 286 cm³/mol. The molecule has 11 rings (SSSR count). The molecule has 3 heterocycles. The number of rotatable bonds is 14. The minimum Gasteiger partial charge on any atom is -0.463 e. The molecule has 0 N–H and O–H groups in total. The van der Waals surface area contributed by atoms with Crippen molar-refractivity contribution in [3.8, 4) is 11.1 Å². The third kappa shape index (κ3) is 8.47. The summed E-state index contributed by atoms with van der Waals surface area (Å²) in [5, 5.41) is 1.86. The van der Waals surface area contributed by atoms with E-state index in [-0.39, 0.29) is 54.7 Å². The molecule has 1 saturated heterocycles. The van der Waals surface area contributed by atoms with E-state index in [0.29, 0.717) is 36.3 Å². The standard InChI is InChI=1S/C61H60N2O8SSi/c1-42-30-32-46(33-31-42)72(66,67)62-35-34-55-53-37-45(21-18-36-68-58(64)43-19-8-5-9-20-43)71-56(53)57-61(55,41-62)38-44(39-70-73(60(2,3)4,47-22-10-6-11-23-47)48-24-12-7-13-25-48)63(57)59(65)69-40-54-51-28-16-14-26-49(51)50-27-15-17-29-52(50)54/h5-17,19-20,22-34,37,44,54,57H,18,21,35-36,38-41H2,1-4H3/t44-,57+,61+/m0/s1. The Bertz CT molecular complexity index is 3230. The van der Waals surface area contributed by atoms with Crippen molar-refractivity contribution in [1.82, 2.24) is 9.21 Å². The van der Waals surface area contributed by atoms with E-state index in [9.17, 15) is 13.2 Å². The Hall–Kier alpha value is -6.83. The van der Waals surface area contributed by atoms with Crippen molar-refractivity contribution >= 4 is 46.3 Å². The molecule has 3 atom stereocenters. The number of benzene rings is 6. The summed E-state index contributed by atoms with van der Waals surface area (Å²) in [7, 11) is -7.13. The van der Waals surface area contributed by atoms with Crippen LogP contribution in [-0.2, 0) is 30.3 Å². The molecule has 2 aliphatic carbocycles. The summed E-state index contributed by atoms with van der Waals surface area (Å²) >= 11 is 0. The van der Waals surface area contributed by atoms with Crippen LogP contribution >= 0.6 is 0 Å². The Morgan fingerprint density at radius 2 is 1.32 bits per heavy atom. The van der Waals surface area contributed by atoms with Gasteiger partial charge in [0.2, 0.25) is 10.0 Å². The normalized spacial score (nSPS) is 19.3. The summed E-state index contributed by atoms with van der Waals surface area (Å²) < 4.78 is 58.0. The minimum absolute atomic E-state index is 0.0972. The summed E-state index contributed by atoms with van der Waals surface area (Å²) in [5.74, 6) is 0.703. The second-order valence-corrected chi connectivity index (χ2v) is 27.2. The van der Waals surface area contributed by atoms with Gasteiger partial charge in [-0.3, -0.25) is 4.90 Å². The molecule has 1 amide bonds. The van der Waals surface area contributed by atoms with Gasteiger partial charge in [-0.25, -0.2) is 18.0 Å². The van der Waals surface area contributed by atoms with Gasteiger partial charge < -0.3 is 18.3 Å². The first-order chi connectivity index (χ1) is 35.3. The van der Waals surface area contributed by atoms with Crippen LogP contribution in [0.5, 0.6) is 0 Å². The molecule has 1 fully saturated rings. The third-order valence-electron chi connectivity index (χ3n) is 15.6. The highest BCUT2D eigenvalue weighted by molar-refractivity contribution is 7.89. The summed E-state index contributed by atoms with van der Waals surface area (Å²) in [4.78, 5) is 30.5. The Morgan fingerprint density at radius 3 is 1.93 bits per heavy atom. The fourth-order valence-electron chi connectivity index (χ4n) is 12.3. The molecule has 0 radical (unpaired) electrons. The molecule has 372 valence electrons. The summed E-state index contributed by atoms with van der Waals surface area (Å²) in [6.45, 7) is 9.34. The minimum atomic E-state index is -3.98. The highest BCUT2D eigenvalue weighted by Crippen LogP contribution is 2.66. The molecule has 2 aliphatic heterocycles. The average molecular weight is 1010 g/mol. The number of fused-ring (bicyclic) bond motifs is 6. The molecule has 6 aromatic carbocycles. The number of hydrogen-bond donors (Lipinski definition) is 0. The maximum atomic E-state index is 15.7. The highest BCUT2D eigenvalue weighted by atomic mass is 32.2. The van der Waals surface area contributed by atoms with Gasteiger partial charge in [-0.2, -0.15) is 4.31 Å². The van der Waals surface area contributed by atoms with E-state index in [2.05, 4.69) is 93.6 Å². The predicted octanol–water partition coefficient (Wildman–Crippen LogP) is 11.1. The molecule has 0 unspecified atom stereocenters. The van der Waals surface area contributed by atoms with E-state index in [1.807, 2.05) is 78.6 Å². The Morgan fingerprint density at radius 1 is 0.726 bits per heavy atom. The number of sulfonamides is 1. The van der Waals surface area contributed by atoms with Crippen LogP contribution in [0.25, 0.3) is 16.7 Å². The van der Waals surface area contributed by atoms with Gasteiger partial charge in [-0.15, -0.1) is 0 Å². The lowest BCUT2D eigenvalue weighted by molar-refractivity contribution is 0.0498. The number of carbonyl (C=O) groups excluding carboxylic acids is 2. The van der Waals surface area contributed by atoms with Crippen molar-refractivity contribution < 1.29 is 36.3 Å². The van der Waals surface area contributed by atoms with Gasteiger partial charge >= 0.3 is 12.1 Å². The van der Waals surface area contributed by atoms with E-state index < -0.39 is 41.9 Å². The SMILES string of the molecule is Cc1ccc(S(=O)(=O)N2CC=C3c4cc(CCCOC(=O)c5ccccc5)oc4[C@H]4N(C(=O)OCC5c6ccccc6-c6ccccc65)[C@H](CO[Si](c5ccccc5)(c5ccccc5)C(C)(C)C)C[C@@]34C2)cc1. The first-order valence-electron chi connectivity index (χ1n) is 25.3. The molecule has 1 aromatic heterocycles. The Kier molecular flexibility index (Phi) is 12.7. The van der Waals surface area contributed by atoms with Gasteiger partial charge in [0.15, 0.2) is 0 Å². The Balaban J connectivity index is 0.994. The molecule has 0 bridgehead atoms. The van der Waals surface area contributed by atoms with Gasteiger partial charge in [0, 0.05) is 36.4 Å².